The van der Waals surface area contributed by atoms with Crippen LogP contribution in [0.1, 0.15) is 22.5 Å². The van der Waals surface area contributed by atoms with Gasteiger partial charge in [0.05, 0.1) is 6.61 Å². The maximum atomic E-state index is 8.81. The lowest BCUT2D eigenvalue weighted by Crippen LogP contribution is -2.17. The second kappa shape index (κ2) is 6.77. The Morgan fingerprint density at radius 3 is 2.64 bits per heavy atom. The van der Waals surface area contributed by atoms with Crippen LogP contribution in [0.25, 0.3) is 11.0 Å². The second-order valence-corrected chi connectivity index (χ2v) is 5.54. The summed E-state index contributed by atoms with van der Waals surface area (Å²) in [6.07, 6.45) is 0.819. The summed E-state index contributed by atoms with van der Waals surface area (Å²) >= 11 is 0. The largest absolute Gasteiger partial charge is 0.460 e. The van der Waals surface area contributed by atoms with Gasteiger partial charge >= 0.3 is 0 Å². The van der Waals surface area contributed by atoms with E-state index in [0.717, 1.165) is 24.3 Å². The van der Waals surface area contributed by atoms with E-state index in [1.807, 2.05) is 6.07 Å². The molecule has 0 saturated heterocycles. The van der Waals surface area contributed by atoms with E-state index < -0.39 is 0 Å². The van der Waals surface area contributed by atoms with Gasteiger partial charge < -0.3 is 14.8 Å². The van der Waals surface area contributed by atoms with Crippen molar-refractivity contribution in [3.05, 3.63) is 71.0 Å². The van der Waals surface area contributed by atoms with Gasteiger partial charge in [-0.1, -0.05) is 42.5 Å². The van der Waals surface area contributed by atoms with Crippen LogP contribution >= 0.6 is 0 Å². The van der Waals surface area contributed by atoms with Crippen molar-refractivity contribution in [2.75, 3.05) is 13.2 Å². The van der Waals surface area contributed by atoms with Crippen molar-refractivity contribution in [3.63, 3.8) is 0 Å². The molecule has 0 atom stereocenters. The first-order chi connectivity index (χ1) is 10.8. The van der Waals surface area contributed by atoms with Crippen molar-refractivity contribution in [1.82, 2.24) is 5.32 Å². The molecule has 0 aliphatic heterocycles. The van der Waals surface area contributed by atoms with E-state index in [1.165, 1.54) is 22.1 Å². The molecule has 114 valence electrons. The van der Waals surface area contributed by atoms with Crippen molar-refractivity contribution in [2.24, 2.45) is 0 Å². The molecule has 0 fully saturated rings. The fourth-order valence-corrected chi connectivity index (χ4v) is 2.69. The zero-order valence-corrected chi connectivity index (χ0v) is 12.8. The maximum Gasteiger partial charge on any atom is 0.134 e. The molecule has 3 heteroatoms. The third kappa shape index (κ3) is 3.21. The average molecular weight is 295 g/mol. The number of nitrogens with one attached hydrogen (secondary N) is 1. The fraction of sp³-hybridized carbons (Fsp3) is 0.263. The molecule has 3 nitrogen and oxygen atoms in total. The van der Waals surface area contributed by atoms with Crippen LogP contribution in [0.5, 0.6) is 0 Å². The molecule has 0 unspecified atom stereocenters. The summed E-state index contributed by atoms with van der Waals surface area (Å²) in [5.41, 5.74) is 4.58. The third-order valence-corrected chi connectivity index (χ3v) is 3.93. The zero-order valence-electron chi connectivity index (χ0n) is 12.8. The minimum absolute atomic E-state index is 0.156. The number of aliphatic hydroxyl groups is 1. The number of rotatable bonds is 6. The van der Waals surface area contributed by atoms with Crippen LogP contribution in [0.2, 0.25) is 0 Å². The highest BCUT2D eigenvalue weighted by atomic mass is 16.3. The summed E-state index contributed by atoms with van der Waals surface area (Å²) in [7, 11) is 0. The highest BCUT2D eigenvalue weighted by Gasteiger charge is 2.11. The van der Waals surface area contributed by atoms with Gasteiger partial charge in [-0.2, -0.15) is 0 Å². The first kappa shape index (κ1) is 14.8. The van der Waals surface area contributed by atoms with Crippen LogP contribution in [0, 0.1) is 6.92 Å². The van der Waals surface area contributed by atoms with E-state index in [-0.39, 0.29) is 6.61 Å². The van der Waals surface area contributed by atoms with Gasteiger partial charge in [-0.05, 0) is 29.7 Å². The second-order valence-electron chi connectivity index (χ2n) is 5.54. The third-order valence-electron chi connectivity index (χ3n) is 3.93. The first-order valence-corrected chi connectivity index (χ1v) is 7.64. The van der Waals surface area contributed by atoms with E-state index in [4.69, 9.17) is 9.52 Å². The molecule has 0 bridgehead atoms. The number of furan rings is 1. The van der Waals surface area contributed by atoms with Gasteiger partial charge in [0, 0.05) is 24.9 Å². The van der Waals surface area contributed by atoms with Crippen LogP contribution in [-0.4, -0.2) is 18.3 Å². The van der Waals surface area contributed by atoms with Gasteiger partial charge in [0.15, 0.2) is 0 Å². The number of aliphatic hydroxyl groups excluding tert-OH is 1. The summed E-state index contributed by atoms with van der Waals surface area (Å²) in [6.45, 7) is 3.62. The normalized spacial score (nSPS) is 11.2. The molecule has 3 aromatic rings. The molecule has 0 radical (unpaired) electrons. The highest BCUT2D eigenvalue weighted by Crippen LogP contribution is 2.27. The van der Waals surface area contributed by atoms with Gasteiger partial charge in [-0.3, -0.25) is 0 Å². The van der Waals surface area contributed by atoms with Crippen molar-refractivity contribution >= 4 is 11.0 Å². The lowest BCUT2D eigenvalue weighted by Gasteiger charge is -2.02. The Morgan fingerprint density at radius 2 is 1.86 bits per heavy atom. The molecule has 0 aliphatic carbocycles. The van der Waals surface area contributed by atoms with Crippen LogP contribution in [-0.2, 0) is 13.0 Å². The van der Waals surface area contributed by atoms with Gasteiger partial charge in [0.25, 0.3) is 0 Å². The summed E-state index contributed by atoms with van der Waals surface area (Å²) in [5.74, 6) is 1.03. The van der Waals surface area contributed by atoms with Crippen molar-refractivity contribution < 1.29 is 9.52 Å². The quantitative estimate of drug-likeness (QED) is 0.685. The van der Waals surface area contributed by atoms with Crippen molar-refractivity contribution in [3.8, 4) is 0 Å². The predicted molar refractivity (Wildman–Crippen MR) is 89.0 cm³/mol. The smallest absolute Gasteiger partial charge is 0.134 e. The number of hydrogen-bond donors (Lipinski definition) is 2. The molecular formula is C19H21NO2. The minimum atomic E-state index is 0.156. The van der Waals surface area contributed by atoms with E-state index in [1.54, 1.807) is 0 Å². The van der Waals surface area contributed by atoms with Gasteiger partial charge in [-0.15, -0.1) is 0 Å². The molecule has 1 aromatic heterocycles. The Kier molecular flexibility index (Phi) is 4.56. The zero-order chi connectivity index (χ0) is 15.4. The summed E-state index contributed by atoms with van der Waals surface area (Å²) in [4.78, 5) is 0. The van der Waals surface area contributed by atoms with Gasteiger partial charge in [-0.25, -0.2) is 0 Å². The van der Waals surface area contributed by atoms with E-state index in [2.05, 4.69) is 54.7 Å². The van der Waals surface area contributed by atoms with Crippen molar-refractivity contribution in [1.29, 1.82) is 0 Å². The van der Waals surface area contributed by atoms with Crippen LogP contribution in [0.4, 0.5) is 0 Å². The SMILES string of the molecule is Cc1c(Cc2ccccc2)oc2cc(CNCCO)ccc12. The molecule has 0 amide bonds. The highest BCUT2D eigenvalue weighted by molar-refractivity contribution is 5.82. The molecule has 0 aliphatic rings. The number of aryl methyl sites for hydroxylation is 1. The lowest BCUT2D eigenvalue weighted by molar-refractivity contribution is 0.292. The monoisotopic (exact) mass is 295 g/mol. The summed E-state index contributed by atoms with van der Waals surface area (Å²) in [6, 6.07) is 16.7. The molecule has 22 heavy (non-hydrogen) atoms. The Bertz CT molecular complexity index is 747. The van der Waals surface area contributed by atoms with Gasteiger partial charge in [0.2, 0.25) is 0 Å². The number of hydrogen-bond acceptors (Lipinski definition) is 3. The number of benzene rings is 2. The molecule has 3 rings (SSSR count). The summed E-state index contributed by atoms with van der Waals surface area (Å²) in [5, 5.41) is 13.2. The van der Waals surface area contributed by atoms with Crippen LogP contribution in [0.15, 0.2) is 52.9 Å². The predicted octanol–water partition coefficient (Wildman–Crippen LogP) is 3.41. The lowest BCUT2D eigenvalue weighted by atomic mass is 10.1. The minimum Gasteiger partial charge on any atom is -0.460 e. The van der Waals surface area contributed by atoms with Gasteiger partial charge in [0.1, 0.15) is 11.3 Å². The topological polar surface area (TPSA) is 45.4 Å². The average Bonchev–Trinajstić information content (AvgIpc) is 2.84. The Hall–Kier alpha value is -2.10. The van der Waals surface area contributed by atoms with E-state index in [0.29, 0.717) is 6.54 Å². The summed E-state index contributed by atoms with van der Waals surface area (Å²) < 4.78 is 6.07. The molecule has 0 spiro atoms. The standard InChI is InChI=1S/C19H21NO2/c1-14-17-8-7-16(13-20-9-10-21)12-19(17)22-18(14)11-15-5-3-2-4-6-15/h2-8,12,20-21H,9-11,13H2,1H3. The van der Waals surface area contributed by atoms with Crippen molar-refractivity contribution in [2.45, 2.75) is 19.9 Å². The van der Waals surface area contributed by atoms with E-state index >= 15 is 0 Å². The Labute approximate surface area is 130 Å². The maximum absolute atomic E-state index is 8.81. The molecule has 0 saturated carbocycles. The number of fused-ring (bicyclic) bond motifs is 1. The van der Waals surface area contributed by atoms with E-state index in [9.17, 15) is 0 Å². The Morgan fingerprint density at radius 1 is 1.05 bits per heavy atom. The molecule has 2 N–H and O–H groups in total. The Balaban J connectivity index is 1.84. The fourth-order valence-electron chi connectivity index (χ4n) is 2.69. The molecule has 2 aromatic carbocycles. The first-order valence-electron chi connectivity index (χ1n) is 7.64. The molecular weight excluding hydrogens is 274 g/mol. The van der Waals surface area contributed by atoms with Crippen LogP contribution < -0.4 is 5.32 Å². The van der Waals surface area contributed by atoms with Crippen LogP contribution in [0.3, 0.4) is 0 Å². The molecule has 1 heterocycles.